The summed E-state index contributed by atoms with van der Waals surface area (Å²) in [6.45, 7) is 6.94. The number of hydrogen-bond donors (Lipinski definition) is 3. The van der Waals surface area contributed by atoms with Gasteiger partial charge in [0, 0.05) is 43.9 Å². The summed E-state index contributed by atoms with van der Waals surface area (Å²) >= 11 is 1.02. The molecule has 220 valence electrons. The maximum atomic E-state index is 14.9. The maximum Gasteiger partial charge on any atom is 0.251 e. The van der Waals surface area contributed by atoms with E-state index in [1.807, 2.05) is 13.8 Å². The molecule has 2 amide bonds. The molecule has 3 fully saturated rings. The summed E-state index contributed by atoms with van der Waals surface area (Å²) in [5.41, 5.74) is 1.09. The van der Waals surface area contributed by atoms with Crippen LogP contribution in [0.5, 0.6) is 0 Å². The van der Waals surface area contributed by atoms with Gasteiger partial charge in [0.05, 0.1) is 12.0 Å². The number of aromatic nitrogens is 1. The van der Waals surface area contributed by atoms with E-state index in [4.69, 9.17) is 11.2 Å². The molecule has 0 spiro atoms. The molecule has 1 aromatic heterocycles. The van der Waals surface area contributed by atoms with E-state index in [1.165, 1.54) is 4.90 Å². The zero-order valence-corrected chi connectivity index (χ0v) is 24.2. The molecular weight excluding hydrogens is 549 g/mol. The Morgan fingerprint density at radius 3 is 2.56 bits per heavy atom. The first-order valence-corrected chi connectivity index (χ1v) is 14.6. The summed E-state index contributed by atoms with van der Waals surface area (Å²) in [6, 6.07) is 4.50. The highest BCUT2D eigenvalue weighted by Gasteiger charge is 2.59. The fourth-order valence-corrected chi connectivity index (χ4v) is 6.61. The molecule has 4 atom stereocenters. The number of nitrogens with one attached hydrogen (secondary N) is 1. The topological polar surface area (TPSA) is 118 Å². The van der Waals surface area contributed by atoms with Gasteiger partial charge in [0.1, 0.15) is 24.4 Å². The number of fused-ring (bicyclic) bond motifs is 1. The highest BCUT2D eigenvalue weighted by molar-refractivity contribution is 7.14. The van der Waals surface area contributed by atoms with Crippen molar-refractivity contribution in [3.8, 4) is 23.6 Å². The van der Waals surface area contributed by atoms with Gasteiger partial charge in [0.15, 0.2) is 5.13 Å². The van der Waals surface area contributed by atoms with E-state index >= 15 is 0 Å². The predicted octanol–water partition coefficient (Wildman–Crippen LogP) is 1.39. The number of likely N-dealkylation sites (N-methyl/N-ethyl adjacent to an activating group) is 1. The molecule has 5 rings (SSSR count). The number of halogens is 1. The number of rotatable bonds is 7. The van der Waals surface area contributed by atoms with Gasteiger partial charge < -0.3 is 35.0 Å². The molecule has 3 saturated heterocycles. The monoisotopic (exact) mass is 585 g/mol. The number of hydrogen-bond acceptors (Lipinski definition) is 9. The Morgan fingerprint density at radius 2 is 1.93 bits per heavy atom. The lowest BCUT2D eigenvalue weighted by Gasteiger charge is -2.33. The van der Waals surface area contributed by atoms with Crippen molar-refractivity contribution < 1.29 is 28.9 Å². The van der Waals surface area contributed by atoms with Crippen molar-refractivity contribution in [1.82, 2.24) is 20.1 Å². The van der Waals surface area contributed by atoms with Crippen LogP contribution >= 0.6 is 11.3 Å². The van der Waals surface area contributed by atoms with E-state index in [9.17, 15) is 24.2 Å². The molecule has 41 heavy (non-hydrogen) atoms. The summed E-state index contributed by atoms with van der Waals surface area (Å²) in [6.07, 6.45) is 5.27. The van der Waals surface area contributed by atoms with E-state index in [0.29, 0.717) is 22.7 Å². The van der Waals surface area contributed by atoms with Gasteiger partial charge >= 0.3 is 0 Å². The molecular formula is C29H36FN5O5S. The third-order valence-corrected chi connectivity index (χ3v) is 8.88. The number of carbonyl (C=O) groups excluding carboxylic acids is 2. The Morgan fingerprint density at radius 1 is 1.24 bits per heavy atom. The van der Waals surface area contributed by atoms with E-state index in [1.54, 1.807) is 24.3 Å². The second-order valence-corrected chi connectivity index (χ2v) is 12.4. The molecule has 12 heteroatoms. The third-order valence-electron chi connectivity index (χ3n) is 7.98. The van der Waals surface area contributed by atoms with Crippen LogP contribution in [0.1, 0.15) is 30.6 Å². The quantitative estimate of drug-likeness (QED) is 0.330. The van der Waals surface area contributed by atoms with Crippen LogP contribution in [0.4, 0.5) is 9.52 Å². The number of aliphatic hydroxyl groups is 2. The Hall–Kier alpha value is -3.08. The van der Waals surface area contributed by atoms with Crippen LogP contribution in [-0.4, -0.2) is 107 Å². The lowest BCUT2D eigenvalue weighted by atomic mass is 9.98. The zero-order valence-electron chi connectivity index (χ0n) is 23.4. The average Bonchev–Trinajstić information content (AvgIpc) is 3.61. The number of terminal acetylenes is 1. The predicted molar refractivity (Wildman–Crippen MR) is 153 cm³/mol. The van der Waals surface area contributed by atoms with Crippen LogP contribution in [-0.2, 0) is 9.53 Å². The van der Waals surface area contributed by atoms with E-state index < -0.39 is 41.7 Å². The van der Waals surface area contributed by atoms with Crippen molar-refractivity contribution in [3.63, 3.8) is 0 Å². The largest absolute Gasteiger partial charge is 0.369 e. The molecule has 0 radical (unpaired) electrons. The van der Waals surface area contributed by atoms with E-state index in [2.05, 4.69) is 33.1 Å². The molecule has 0 saturated carbocycles. The maximum absolute atomic E-state index is 14.9. The van der Waals surface area contributed by atoms with Crippen LogP contribution in [0, 0.1) is 29.3 Å². The number of amides is 2. The fourth-order valence-electron chi connectivity index (χ4n) is 5.74. The van der Waals surface area contributed by atoms with Crippen molar-refractivity contribution in [2.75, 3.05) is 51.3 Å². The van der Waals surface area contributed by atoms with E-state index in [-0.39, 0.29) is 29.9 Å². The molecule has 0 bridgehead atoms. The Labute approximate surface area is 243 Å². The van der Waals surface area contributed by atoms with Gasteiger partial charge in [-0.2, -0.15) is 4.39 Å². The minimum Gasteiger partial charge on any atom is -0.369 e. The van der Waals surface area contributed by atoms with Crippen LogP contribution in [0.25, 0.3) is 11.3 Å². The number of piperazine rings is 1. The summed E-state index contributed by atoms with van der Waals surface area (Å²) in [5.74, 6) is -1.00. The van der Waals surface area contributed by atoms with Gasteiger partial charge in [-0.15, -0.1) is 6.42 Å². The van der Waals surface area contributed by atoms with Gasteiger partial charge in [-0.25, -0.2) is 4.98 Å². The van der Waals surface area contributed by atoms with Crippen molar-refractivity contribution >= 4 is 28.3 Å². The lowest BCUT2D eigenvalue weighted by molar-refractivity contribution is -0.191. The second kappa shape index (κ2) is 11.7. The second-order valence-electron chi connectivity index (χ2n) is 11.5. The molecule has 3 N–H and O–H groups in total. The molecule has 0 aliphatic carbocycles. The first-order chi connectivity index (χ1) is 19.5. The highest BCUT2D eigenvalue weighted by Crippen LogP contribution is 2.38. The third kappa shape index (κ3) is 5.96. The van der Waals surface area contributed by atoms with Crippen molar-refractivity contribution in [1.29, 1.82) is 0 Å². The van der Waals surface area contributed by atoms with Gasteiger partial charge in [-0.05, 0) is 31.5 Å². The summed E-state index contributed by atoms with van der Waals surface area (Å²) in [5, 5.41) is 24.1. The zero-order chi connectivity index (χ0) is 29.5. The Kier molecular flexibility index (Phi) is 8.36. The Balaban J connectivity index is 1.30. The molecule has 4 unspecified atom stereocenters. The van der Waals surface area contributed by atoms with Gasteiger partial charge in [0.25, 0.3) is 5.91 Å². The van der Waals surface area contributed by atoms with Gasteiger partial charge in [0.2, 0.25) is 16.8 Å². The summed E-state index contributed by atoms with van der Waals surface area (Å²) < 4.78 is 20.4. The van der Waals surface area contributed by atoms with Crippen LogP contribution < -0.4 is 10.2 Å². The average molecular weight is 586 g/mol. The number of carbonyl (C=O) groups is 2. The highest BCUT2D eigenvalue weighted by atomic mass is 32.1. The molecule has 3 aliphatic rings. The van der Waals surface area contributed by atoms with Crippen molar-refractivity contribution in [2.45, 2.75) is 44.2 Å². The minimum absolute atomic E-state index is 0.0587. The van der Waals surface area contributed by atoms with Crippen LogP contribution in [0.2, 0.25) is 0 Å². The van der Waals surface area contributed by atoms with Crippen molar-refractivity contribution in [2.24, 2.45) is 11.8 Å². The lowest BCUT2D eigenvalue weighted by Crippen LogP contribution is -2.57. The number of thiazole rings is 1. The molecule has 1 aromatic carbocycles. The van der Waals surface area contributed by atoms with E-state index in [0.717, 1.165) is 37.5 Å². The number of likely N-dealkylation sites (tertiary alicyclic amines) is 1. The van der Waals surface area contributed by atoms with Gasteiger partial charge in [-0.3, -0.25) is 9.59 Å². The van der Waals surface area contributed by atoms with Gasteiger partial charge in [-0.1, -0.05) is 43.2 Å². The van der Waals surface area contributed by atoms with Crippen LogP contribution in [0.3, 0.4) is 0 Å². The molecule has 10 nitrogen and oxygen atoms in total. The standard InChI is InChI=1S/C29H36FN5O5S/c1-5-18-15-35(24-23(18)40-16-29(24,38)39)27(37)21(14-17(2)3)31-26(36)20-8-6-19(7-9-20)22-25(30)41-28(32-22)34-12-10-33(4)11-13-34/h1,6-9,17-18,21,23-24,38-39H,10-16H2,2-4H3,(H,31,36). The summed E-state index contributed by atoms with van der Waals surface area (Å²) in [4.78, 5) is 37.1. The first kappa shape index (κ1) is 29.4. The fraction of sp³-hybridized carbons (Fsp3) is 0.552. The summed E-state index contributed by atoms with van der Waals surface area (Å²) in [7, 11) is 2.05. The molecule has 4 heterocycles. The molecule has 3 aliphatic heterocycles. The van der Waals surface area contributed by atoms with Crippen molar-refractivity contribution in [3.05, 3.63) is 35.0 Å². The smallest absolute Gasteiger partial charge is 0.251 e. The molecule has 2 aromatic rings. The number of ether oxygens (including phenoxy) is 1. The number of nitrogens with zero attached hydrogens (tertiary/aromatic N) is 4. The minimum atomic E-state index is -2.23. The first-order valence-electron chi connectivity index (χ1n) is 13.8. The Bertz CT molecular complexity index is 1320. The number of benzene rings is 1. The SMILES string of the molecule is C#CC1CN(C(=O)C(CC(C)C)NC(=O)c2ccc(-c3nc(N4CCN(C)CC4)sc3F)cc2)C2C1OCC2(O)O. The van der Waals surface area contributed by atoms with Crippen LogP contribution in [0.15, 0.2) is 24.3 Å². The number of anilines is 1. The normalized spacial score (nSPS) is 24.8.